The average Bonchev–Trinajstić information content (AvgIpc) is 2.70. The van der Waals surface area contributed by atoms with E-state index in [0.29, 0.717) is 11.6 Å². The molecule has 7 nitrogen and oxygen atoms in total. The number of esters is 2. The van der Waals surface area contributed by atoms with E-state index in [2.05, 4.69) is 10.1 Å². The molecular formula is C23H25F2NO6. The van der Waals surface area contributed by atoms with E-state index in [-0.39, 0.29) is 11.1 Å². The minimum absolute atomic E-state index is 0.0692. The van der Waals surface area contributed by atoms with E-state index >= 15 is 0 Å². The van der Waals surface area contributed by atoms with Gasteiger partial charge in [-0.2, -0.15) is 0 Å². The third kappa shape index (κ3) is 6.50. The summed E-state index contributed by atoms with van der Waals surface area (Å²) >= 11 is 0. The van der Waals surface area contributed by atoms with Crippen LogP contribution < -0.4 is 5.32 Å². The lowest BCUT2D eigenvalue weighted by Crippen LogP contribution is -2.47. The molecule has 0 aliphatic heterocycles. The number of hydrogen-bond acceptors (Lipinski definition) is 6. The van der Waals surface area contributed by atoms with Gasteiger partial charge in [-0.15, -0.1) is 0 Å². The van der Waals surface area contributed by atoms with Crippen LogP contribution >= 0.6 is 0 Å². The summed E-state index contributed by atoms with van der Waals surface area (Å²) in [7, 11) is 2.35. The van der Waals surface area contributed by atoms with Crippen molar-refractivity contribution in [2.45, 2.75) is 38.3 Å². The SMILES string of the molecule is COC(=O)c1ccc([C@@H](c2cc(F)cc(F)c2)[C@H](NC(=O)OC(C)(C)C)C(=O)OC)cc1. The summed E-state index contributed by atoms with van der Waals surface area (Å²) in [5.41, 5.74) is -0.170. The second-order valence-electron chi connectivity index (χ2n) is 7.94. The van der Waals surface area contributed by atoms with Crippen molar-refractivity contribution in [2.24, 2.45) is 0 Å². The van der Waals surface area contributed by atoms with E-state index in [1.165, 1.54) is 31.4 Å². The van der Waals surface area contributed by atoms with Crippen molar-refractivity contribution in [2.75, 3.05) is 14.2 Å². The smallest absolute Gasteiger partial charge is 0.408 e. The molecule has 0 bridgehead atoms. The van der Waals surface area contributed by atoms with E-state index in [9.17, 15) is 23.2 Å². The zero-order valence-corrected chi connectivity index (χ0v) is 18.4. The van der Waals surface area contributed by atoms with Gasteiger partial charge >= 0.3 is 18.0 Å². The maximum absolute atomic E-state index is 14.0. The molecule has 0 heterocycles. The normalized spacial score (nSPS) is 13.0. The van der Waals surface area contributed by atoms with Gasteiger partial charge in [-0.1, -0.05) is 12.1 Å². The van der Waals surface area contributed by atoms with E-state index in [0.717, 1.165) is 19.2 Å². The lowest BCUT2D eigenvalue weighted by atomic mass is 9.84. The highest BCUT2D eigenvalue weighted by Gasteiger charge is 2.35. The highest BCUT2D eigenvalue weighted by molar-refractivity contribution is 5.89. The van der Waals surface area contributed by atoms with E-state index in [1.54, 1.807) is 20.8 Å². The van der Waals surface area contributed by atoms with Gasteiger partial charge in [0.1, 0.15) is 23.3 Å². The molecule has 2 atom stereocenters. The van der Waals surface area contributed by atoms with Crippen LogP contribution in [0.4, 0.5) is 13.6 Å². The number of benzene rings is 2. The molecule has 0 saturated carbocycles. The van der Waals surface area contributed by atoms with Crippen molar-refractivity contribution >= 4 is 18.0 Å². The van der Waals surface area contributed by atoms with Gasteiger partial charge in [-0.3, -0.25) is 0 Å². The molecule has 0 spiro atoms. The van der Waals surface area contributed by atoms with Crippen molar-refractivity contribution in [3.05, 3.63) is 70.8 Å². The first-order valence-electron chi connectivity index (χ1n) is 9.66. The zero-order chi connectivity index (χ0) is 24.1. The van der Waals surface area contributed by atoms with Gasteiger partial charge in [0.05, 0.1) is 19.8 Å². The molecular weight excluding hydrogens is 424 g/mol. The van der Waals surface area contributed by atoms with Gasteiger partial charge in [0.2, 0.25) is 0 Å². The molecule has 0 aliphatic rings. The third-order valence-corrected chi connectivity index (χ3v) is 4.40. The lowest BCUT2D eigenvalue weighted by molar-refractivity contribution is -0.143. The van der Waals surface area contributed by atoms with Crippen LogP contribution in [0, 0.1) is 11.6 Å². The number of halogens is 2. The van der Waals surface area contributed by atoms with Gasteiger partial charge in [-0.25, -0.2) is 23.2 Å². The van der Waals surface area contributed by atoms with Crippen LogP contribution in [0.1, 0.15) is 48.2 Å². The Balaban J connectivity index is 2.59. The highest BCUT2D eigenvalue weighted by atomic mass is 19.1. The third-order valence-electron chi connectivity index (χ3n) is 4.40. The van der Waals surface area contributed by atoms with Gasteiger partial charge in [0, 0.05) is 12.0 Å². The molecule has 0 unspecified atom stereocenters. The Labute approximate surface area is 184 Å². The summed E-state index contributed by atoms with van der Waals surface area (Å²) in [5, 5.41) is 2.44. The number of alkyl carbamates (subject to hydrolysis) is 1. The lowest BCUT2D eigenvalue weighted by Gasteiger charge is -2.28. The molecule has 1 amide bonds. The highest BCUT2D eigenvalue weighted by Crippen LogP contribution is 2.31. The summed E-state index contributed by atoms with van der Waals surface area (Å²) in [6.07, 6.45) is -0.916. The zero-order valence-electron chi connectivity index (χ0n) is 18.4. The molecule has 32 heavy (non-hydrogen) atoms. The molecule has 0 fully saturated rings. The molecule has 1 N–H and O–H groups in total. The minimum atomic E-state index is -1.39. The number of carbonyl (C=O) groups excluding carboxylic acids is 3. The number of carbonyl (C=O) groups is 3. The number of hydrogen-bond donors (Lipinski definition) is 1. The Morgan fingerprint density at radius 2 is 1.44 bits per heavy atom. The molecule has 2 aromatic rings. The Morgan fingerprint density at radius 3 is 1.91 bits per heavy atom. The molecule has 0 radical (unpaired) electrons. The summed E-state index contributed by atoms with van der Waals surface area (Å²) in [5.74, 6) is -4.23. The predicted molar refractivity (Wildman–Crippen MR) is 111 cm³/mol. The number of nitrogens with one attached hydrogen (secondary N) is 1. The van der Waals surface area contributed by atoms with Crippen molar-refractivity contribution in [3.8, 4) is 0 Å². The van der Waals surface area contributed by atoms with Crippen LogP contribution in [0.3, 0.4) is 0 Å². The second-order valence-corrected chi connectivity index (χ2v) is 7.94. The van der Waals surface area contributed by atoms with Crippen molar-refractivity contribution in [1.29, 1.82) is 0 Å². The summed E-state index contributed by atoms with van der Waals surface area (Å²) in [6, 6.07) is 7.26. The molecule has 9 heteroatoms. The van der Waals surface area contributed by atoms with Gasteiger partial charge in [-0.05, 0) is 56.2 Å². The van der Waals surface area contributed by atoms with E-state index in [4.69, 9.17) is 9.47 Å². The van der Waals surface area contributed by atoms with Gasteiger partial charge in [0.25, 0.3) is 0 Å². The first kappa shape index (κ1) is 24.8. The number of methoxy groups -OCH3 is 2. The fourth-order valence-electron chi connectivity index (χ4n) is 3.12. The van der Waals surface area contributed by atoms with Crippen molar-refractivity contribution in [3.63, 3.8) is 0 Å². The molecule has 2 rings (SSSR count). The maximum atomic E-state index is 14.0. The summed E-state index contributed by atoms with van der Waals surface area (Å²) in [4.78, 5) is 36.8. The number of amides is 1. The molecule has 0 aliphatic carbocycles. The first-order valence-corrected chi connectivity index (χ1v) is 9.66. The number of ether oxygens (including phenoxy) is 3. The van der Waals surface area contributed by atoms with Crippen LogP contribution in [0.15, 0.2) is 42.5 Å². The van der Waals surface area contributed by atoms with Crippen LogP contribution in [0.5, 0.6) is 0 Å². The average molecular weight is 449 g/mol. The van der Waals surface area contributed by atoms with Crippen molar-refractivity contribution < 1.29 is 37.4 Å². The second kappa shape index (κ2) is 10.2. The van der Waals surface area contributed by atoms with Crippen LogP contribution in [-0.4, -0.2) is 43.9 Å². The maximum Gasteiger partial charge on any atom is 0.408 e. The molecule has 2 aromatic carbocycles. The van der Waals surface area contributed by atoms with Crippen LogP contribution in [0.25, 0.3) is 0 Å². The monoisotopic (exact) mass is 449 g/mol. The summed E-state index contributed by atoms with van der Waals surface area (Å²) in [6.45, 7) is 4.93. The number of rotatable bonds is 6. The van der Waals surface area contributed by atoms with Crippen LogP contribution in [-0.2, 0) is 19.0 Å². The van der Waals surface area contributed by atoms with E-state index < -0.39 is 47.2 Å². The Hall–Kier alpha value is -3.49. The Morgan fingerprint density at radius 1 is 0.875 bits per heavy atom. The predicted octanol–water partition coefficient (Wildman–Crippen LogP) is 3.95. The Kier molecular flexibility index (Phi) is 7.91. The quantitative estimate of drug-likeness (QED) is 0.531. The summed E-state index contributed by atoms with van der Waals surface area (Å²) < 4.78 is 42.8. The van der Waals surface area contributed by atoms with E-state index in [1.807, 2.05) is 0 Å². The molecule has 0 saturated heterocycles. The minimum Gasteiger partial charge on any atom is -0.467 e. The molecule has 172 valence electrons. The van der Waals surface area contributed by atoms with Crippen LogP contribution in [0.2, 0.25) is 0 Å². The Bertz CT molecular complexity index is 965. The molecule has 0 aromatic heterocycles. The standard InChI is InChI=1S/C23H25F2NO6/c1-23(2,3)32-22(29)26-19(21(28)31-5)18(15-10-16(24)12-17(25)11-15)13-6-8-14(9-7-13)20(27)30-4/h6-12,18-19H,1-5H3,(H,26,29)/t18-,19-/m0/s1. The van der Waals surface area contributed by atoms with Gasteiger partial charge < -0.3 is 19.5 Å². The van der Waals surface area contributed by atoms with Gasteiger partial charge in [0.15, 0.2) is 0 Å². The largest absolute Gasteiger partial charge is 0.467 e. The van der Waals surface area contributed by atoms with Crippen molar-refractivity contribution in [1.82, 2.24) is 5.32 Å². The fourth-order valence-corrected chi connectivity index (χ4v) is 3.12. The topological polar surface area (TPSA) is 90.9 Å². The first-order chi connectivity index (χ1) is 14.9. The fraction of sp³-hybridized carbons (Fsp3) is 0.348.